The van der Waals surface area contributed by atoms with Crippen molar-refractivity contribution >= 4 is 11.8 Å². The van der Waals surface area contributed by atoms with E-state index in [0.717, 1.165) is 23.6 Å². The number of ether oxygens (including phenoxy) is 1. The molecule has 0 radical (unpaired) electrons. The van der Waals surface area contributed by atoms with Gasteiger partial charge in [-0.2, -0.15) is 8.78 Å². The second kappa shape index (κ2) is 8.03. The van der Waals surface area contributed by atoms with Crippen molar-refractivity contribution < 1.29 is 17.9 Å². The van der Waals surface area contributed by atoms with Crippen LogP contribution in [-0.2, 0) is 4.74 Å². The molecule has 1 aromatic carbocycles. The minimum atomic E-state index is -2.69. The molecule has 0 saturated carbocycles. The van der Waals surface area contributed by atoms with E-state index >= 15 is 0 Å². The number of rotatable bonds is 8. The van der Waals surface area contributed by atoms with Crippen LogP contribution in [0.15, 0.2) is 29.2 Å². The van der Waals surface area contributed by atoms with E-state index in [1.54, 1.807) is 23.9 Å². The fraction of sp³-hybridized carbons (Fsp3) is 0.571. The molecular formula is C14H19F3N2OS. The van der Waals surface area contributed by atoms with Gasteiger partial charge in [0.2, 0.25) is 0 Å². The van der Waals surface area contributed by atoms with Gasteiger partial charge in [0, 0.05) is 29.8 Å². The number of likely N-dealkylation sites (tertiary alicyclic amines) is 1. The predicted octanol–water partition coefficient (Wildman–Crippen LogP) is 2.56. The van der Waals surface area contributed by atoms with Crippen LogP contribution in [0.2, 0.25) is 0 Å². The van der Waals surface area contributed by atoms with Crippen LogP contribution in [0.3, 0.4) is 0 Å². The molecule has 0 amide bonds. The van der Waals surface area contributed by atoms with Gasteiger partial charge in [0.1, 0.15) is 5.82 Å². The molecule has 0 aliphatic carbocycles. The van der Waals surface area contributed by atoms with Gasteiger partial charge >= 0.3 is 6.61 Å². The average molecular weight is 320 g/mol. The molecule has 1 aliphatic rings. The molecule has 118 valence electrons. The maximum Gasteiger partial charge on any atom is 0.345 e. The zero-order chi connectivity index (χ0) is 15.2. The minimum absolute atomic E-state index is 0.0233. The largest absolute Gasteiger partial charge is 0.345 e. The lowest BCUT2D eigenvalue weighted by atomic mass is 10.1. The first-order chi connectivity index (χ1) is 10.0. The van der Waals surface area contributed by atoms with Crippen molar-refractivity contribution in [2.24, 2.45) is 5.73 Å². The molecule has 3 nitrogen and oxygen atoms in total. The number of benzene rings is 1. The maximum absolute atomic E-state index is 12.8. The highest BCUT2D eigenvalue weighted by Gasteiger charge is 2.29. The van der Waals surface area contributed by atoms with Crippen molar-refractivity contribution in [3.05, 3.63) is 30.1 Å². The van der Waals surface area contributed by atoms with Crippen LogP contribution < -0.4 is 5.73 Å². The Hall–Kier alpha value is -0.760. The molecule has 0 bridgehead atoms. The summed E-state index contributed by atoms with van der Waals surface area (Å²) in [6.45, 7) is -0.815. The molecule has 2 N–H and O–H groups in total. The number of hydrogen-bond donors (Lipinski definition) is 1. The van der Waals surface area contributed by atoms with Crippen molar-refractivity contribution in [3.8, 4) is 0 Å². The van der Waals surface area contributed by atoms with Gasteiger partial charge in [-0.3, -0.25) is 4.90 Å². The van der Waals surface area contributed by atoms with Crippen molar-refractivity contribution in [3.63, 3.8) is 0 Å². The van der Waals surface area contributed by atoms with Crippen LogP contribution >= 0.6 is 11.8 Å². The molecule has 21 heavy (non-hydrogen) atoms. The predicted molar refractivity (Wildman–Crippen MR) is 77.0 cm³/mol. The normalized spacial score (nSPS) is 18.0. The van der Waals surface area contributed by atoms with Gasteiger partial charge in [0.15, 0.2) is 0 Å². The highest BCUT2D eigenvalue weighted by atomic mass is 32.2. The summed E-state index contributed by atoms with van der Waals surface area (Å²) in [6.07, 6.45) is 0.449. The molecule has 1 atom stereocenters. The standard InChI is InChI=1S/C14H19F3N2OS/c15-10-1-3-13(4-2-10)21-9-11(18)5-6-19-7-12(8-19)20-14(16)17/h1-4,11-12,14H,5-9,18H2/t11-/m1/s1. The van der Waals surface area contributed by atoms with Gasteiger partial charge in [-0.25, -0.2) is 4.39 Å². The Morgan fingerprint density at radius 3 is 2.57 bits per heavy atom. The van der Waals surface area contributed by atoms with E-state index in [1.165, 1.54) is 12.1 Å². The van der Waals surface area contributed by atoms with E-state index in [9.17, 15) is 13.2 Å². The van der Waals surface area contributed by atoms with E-state index in [2.05, 4.69) is 9.64 Å². The fourth-order valence-corrected chi connectivity index (χ4v) is 3.00. The van der Waals surface area contributed by atoms with Crippen LogP contribution in [0.4, 0.5) is 13.2 Å². The Morgan fingerprint density at radius 1 is 1.29 bits per heavy atom. The Labute approximate surface area is 126 Å². The molecule has 2 rings (SSSR count). The summed E-state index contributed by atoms with van der Waals surface area (Å²) < 4.78 is 41.0. The minimum Gasteiger partial charge on any atom is -0.327 e. The molecule has 1 fully saturated rings. The summed E-state index contributed by atoms with van der Waals surface area (Å²) in [7, 11) is 0. The lowest BCUT2D eigenvalue weighted by Crippen LogP contribution is -2.53. The van der Waals surface area contributed by atoms with Crippen LogP contribution in [0, 0.1) is 5.82 Å². The van der Waals surface area contributed by atoms with Crippen molar-refractivity contribution in [1.29, 1.82) is 0 Å². The quantitative estimate of drug-likeness (QED) is 0.747. The van der Waals surface area contributed by atoms with Crippen LogP contribution in [0.5, 0.6) is 0 Å². The Kier molecular flexibility index (Phi) is 6.35. The molecule has 7 heteroatoms. The van der Waals surface area contributed by atoms with Gasteiger partial charge in [-0.1, -0.05) is 0 Å². The van der Waals surface area contributed by atoms with Crippen molar-refractivity contribution in [2.75, 3.05) is 25.4 Å². The summed E-state index contributed by atoms with van der Waals surface area (Å²) in [5, 5.41) is 0. The summed E-state index contributed by atoms with van der Waals surface area (Å²) in [5.41, 5.74) is 6.02. The zero-order valence-electron chi connectivity index (χ0n) is 11.6. The third kappa shape index (κ3) is 5.86. The van der Waals surface area contributed by atoms with Crippen molar-refractivity contribution in [1.82, 2.24) is 4.90 Å². The van der Waals surface area contributed by atoms with E-state index in [4.69, 9.17) is 5.73 Å². The molecule has 1 saturated heterocycles. The Morgan fingerprint density at radius 2 is 1.95 bits per heavy atom. The van der Waals surface area contributed by atoms with Gasteiger partial charge in [-0.15, -0.1) is 11.8 Å². The van der Waals surface area contributed by atoms with Gasteiger partial charge in [-0.05, 0) is 37.2 Å². The van der Waals surface area contributed by atoms with Gasteiger partial charge in [0.05, 0.1) is 6.10 Å². The van der Waals surface area contributed by atoms with Crippen LogP contribution in [-0.4, -0.2) is 49.0 Å². The third-order valence-electron chi connectivity index (χ3n) is 3.31. The number of halogens is 3. The number of thioether (sulfide) groups is 1. The average Bonchev–Trinajstić information content (AvgIpc) is 2.40. The molecule has 1 aliphatic heterocycles. The number of nitrogens with two attached hydrogens (primary N) is 1. The first kappa shape index (κ1) is 16.6. The first-order valence-electron chi connectivity index (χ1n) is 6.83. The van der Waals surface area contributed by atoms with E-state index in [-0.39, 0.29) is 18.0 Å². The first-order valence-corrected chi connectivity index (χ1v) is 7.81. The molecule has 0 unspecified atom stereocenters. The summed E-state index contributed by atoms with van der Waals surface area (Å²) in [5.74, 6) is 0.498. The summed E-state index contributed by atoms with van der Waals surface area (Å²) in [6, 6.07) is 6.34. The van der Waals surface area contributed by atoms with Gasteiger partial charge < -0.3 is 10.5 Å². The van der Waals surface area contributed by atoms with Crippen LogP contribution in [0.25, 0.3) is 0 Å². The number of alkyl halides is 2. The molecular weight excluding hydrogens is 301 g/mol. The third-order valence-corrected chi connectivity index (χ3v) is 4.51. The lowest BCUT2D eigenvalue weighted by Gasteiger charge is -2.38. The monoisotopic (exact) mass is 320 g/mol. The topological polar surface area (TPSA) is 38.5 Å². The fourth-order valence-electron chi connectivity index (χ4n) is 2.10. The zero-order valence-corrected chi connectivity index (χ0v) is 12.4. The molecule has 0 spiro atoms. The summed E-state index contributed by atoms with van der Waals surface area (Å²) >= 11 is 1.59. The highest BCUT2D eigenvalue weighted by molar-refractivity contribution is 7.99. The maximum atomic E-state index is 12.8. The number of nitrogens with zero attached hydrogens (tertiary/aromatic N) is 1. The lowest BCUT2D eigenvalue weighted by molar-refractivity contribution is -0.195. The smallest absolute Gasteiger partial charge is 0.327 e. The van der Waals surface area contributed by atoms with Gasteiger partial charge in [0.25, 0.3) is 0 Å². The second-order valence-corrected chi connectivity index (χ2v) is 6.19. The highest BCUT2D eigenvalue weighted by Crippen LogP contribution is 2.20. The van der Waals surface area contributed by atoms with Crippen molar-refractivity contribution in [2.45, 2.75) is 30.1 Å². The summed E-state index contributed by atoms with van der Waals surface area (Å²) in [4.78, 5) is 3.04. The Balaban J connectivity index is 1.56. The Bertz CT molecular complexity index is 427. The van der Waals surface area contributed by atoms with E-state index in [0.29, 0.717) is 13.1 Å². The van der Waals surface area contributed by atoms with Crippen LogP contribution in [0.1, 0.15) is 6.42 Å². The number of hydrogen-bond acceptors (Lipinski definition) is 4. The molecule has 1 aromatic rings. The second-order valence-electron chi connectivity index (χ2n) is 5.09. The SMILES string of the molecule is N[C@H](CCN1CC(OC(F)F)C1)CSc1ccc(F)cc1. The molecule has 0 aromatic heterocycles. The van der Waals surface area contributed by atoms with E-state index in [1.807, 2.05) is 0 Å². The molecule has 1 heterocycles. The van der Waals surface area contributed by atoms with E-state index < -0.39 is 6.61 Å².